The van der Waals surface area contributed by atoms with Crippen LogP contribution in [0.4, 0.5) is 0 Å². The highest BCUT2D eigenvalue weighted by molar-refractivity contribution is 6.31. The molecule has 3 heteroatoms. The van der Waals surface area contributed by atoms with Crippen molar-refractivity contribution in [3.05, 3.63) is 34.9 Å². The normalized spacial score (nSPS) is 16.1. The molecule has 0 saturated heterocycles. The Balaban J connectivity index is 1.89. The van der Waals surface area contributed by atoms with Crippen LogP contribution in [0.3, 0.4) is 0 Å². The monoisotopic (exact) mass is 224 g/mol. The van der Waals surface area contributed by atoms with Gasteiger partial charge in [-0.3, -0.25) is 4.79 Å². The van der Waals surface area contributed by atoms with E-state index in [1.165, 1.54) is 6.42 Å². The molecule has 1 saturated carbocycles. The molecule has 0 heterocycles. The average Bonchev–Trinajstić information content (AvgIpc) is 2.15. The van der Waals surface area contributed by atoms with E-state index in [1.54, 1.807) is 24.3 Å². The van der Waals surface area contributed by atoms with Gasteiger partial charge in [0.1, 0.15) is 6.61 Å². The topological polar surface area (TPSA) is 26.3 Å². The molecule has 1 aromatic rings. The summed E-state index contributed by atoms with van der Waals surface area (Å²) in [5.41, 5.74) is 0.627. The Labute approximate surface area is 94.2 Å². The average molecular weight is 225 g/mol. The fourth-order valence-corrected chi connectivity index (χ4v) is 1.67. The van der Waals surface area contributed by atoms with Gasteiger partial charge in [-0.1, -0.05) is 23.7 Å². The third-order valence-electron chi connectivity index (χ3n) is 2.65. The first kappa shape index (κ1) is 10.7. The second-order valence-corrected chi connectivity index (χ2v) is 4.23. The van der Waals surface area contributed by atoms with Gasteiger partial charge in [-0.05, 0) is 31.4 Å². The van der Waals surface area contributed by atoms with Gasteiger partial charge in [0.25, 0.3) is 0 Å². The first-order valence-electron chi connectivity index (χ1n) is 5.16. The van der Waals surface area contributed by atoms with Crippen LogP contribution in [0.25, 0.3) is 0 Å². The molecule has 2 rings (SSSR count). The van der Waals surface area contributed by atoms with Crippen molar-refractivity contribution in [1.82, 2.24) is 0 Å². The highest BCUT2D eigenvalue weighted by Gasteiger charge is 2.19. The molecule has 0 aliphatic heterocycles. The van der Waals surface area contributed by atoms with Crippen molar-refractivity contribution in [2.45, 2.75) is 25.4 Å². The minimum absolute atomic E-state index is 0.00407. The summed E-state index contributed by atoms with van der Waals surface area (Å²) in [5.74, 6) is 0.00407. The van der Waals surface area contributed by atoms with Gasteiger partial charge in [-0.15, -0.1) is 0 Å². The predicted molar refractivity (Wildman–Crippen MR) is 59.4 cm³/mol. The summed E-state index contributed by atoms with van der Waals surface area (Å²) in [6, 6.07) is 6.97. The number of ether oxygens (including phenoxy) is 1. The third-order valence-corrected chi connectivity index (χ3v) is 2.88. The number of rotatable bonds is 4. The second kappa shape index (κ2) is 4.77. The lowest BCUT2D eigenvalue weighted by Crippen LogP contribution is -2.24. The van der Waals surface area contributed by atoms with Crippen molar-refractivity contribution in [3.63, 3.8) is 0 Å². The van der Waals surface area contributed by atoms with E-state index in [0.717, 1.165) is 12.8 Å². The van der Waals surface area contributed by atoms with Crippen LogP contribution in [0.2, 0.25) is 5.02 Å². The summed E-state index contributed by atoms with van der Waals surface area (Å²) in [4.78, 5) is 11.7. The molecule has 1 fully saturated rings. The molecule has 1 aromatic carbocycles. The number of carbonyl (C=O) groups is 1. The first-order valence-corrected chi connectivity index (χ1v) is 5.54. The summed E-state index contributed by atoms with van der Waals surface area (Å²) in [6.45, 7) is 0.172. The van der Waals surface area contributed by atoms with E-state index in [2.05, 4.69) is 0 Å². The lowest BCUT2D eigenvalue weighted by atomic mass is 9.96. The Kier molecular flexibility index (Phi) is 3.39. The van der Waals surface area contributed by atoms with E-state index < -0.39 is 0 Å². The summed E-state index contributed by atoms with van der Waals surface area (Å²) in [5, 5.41) is 0.587. The molecule has 0 spiro atoms. The smallest absolute Gasteiger partial charge is 0.188 e. The first-order chi connectivity index (χ1) is 7.25. The van der Waals surface area contributed by atoms with Crippen molar-refractivity contribution in [2.75, 3.05) is 6.61 Å². The Hall–Kier alpha value is -0.860. The molecular formula is C12H13ClO2. The van der Waals surface area contributed by atoms with Crippen molar-refractivity contribution in [2.24, 2.45) is 0 Å². The van der Waals surface area contributed by atoms with Crippen molar-refractivity contribution in [3.8, 4) is 0 Å². The molecule has 80 valence electrons. The van der Waals surface area contributed by atoms with Crippen LogP contribution < -0.4 is 0 Å². The number of hydrogen-bond donors (Lipinski definition) is 0. The Morgan fingerprint density at radius 2 is 2.27 bits per heavy atom. The largest absolute Gasteiger partial charge is 0.370 e. The van der Waals surface area contributed by atoms with Crippen molar-refractivity contribution in [1.29, 1.82) is 0 Å². The fourth-order valence-electron chi connectivity index (χ4n) is 1.48. The van der Waals surface area contributed by atoms with Crippen LogP contribution in [0, 0.1) is 0 Å². The predicted octanol–water partition coefficient (Wildman–Crippen LogP) is 3.09. The summed E-state index contributed by atoms with van der Waals surface area (Å²) in [6.07, 6.45) is 3.69. The maximum atomic E-state index is 11.7. The molecule has 0 bridgehead atoms. The Bertz CT molecular complexity index is 358. The maximum Gasteiger partial charge on any atom is 0.188 e. The highest BCUT2D eigenvalue weighted by Crippen LogP contribution is 2.22. The van der Waals surface area contributed by atoms with Gasteiger partial charge in [-0.2, -0.15) is 0 Å². The van der Waals surface area contributed by atoms with Crippen LogP contribution >= 0.6 is 11.6 Å². The van der Waals surface area contributed by atoms with Crippen LogP contribution in [0.15, 0.2) is 24.3 Å². The molecule has 0 aromatic heterocycles. The zero-order chi connectivity index (χ0) is 10.7. The lowest BCUT2D eigenvalue weighted by Gasteiger charge is -2.25. The van der Waals surface area contributed by atoms with Gasteiger partial charge in [0.05, 0.1) is 6.10 Å². The number of carbonyl (C=O) groups excluding carboxylic acids is 1. The second-order valence-electron chi connectivity index (χ2n) is 3.80. The molecular weight excluding hydrogens is 212 g/mol. The van der Waals surface area contributed by atoms with E-state index in [9.17, 15) is 4.79 Å². The molecule has 0 amide bonds. The SMILES string of the molecule is O=C(COC1CCC1)c1cccc(Cl)c1. The number of Topliss-reactive ketones (excluding diaryl/α,β-unsaturated/α-hetero) is 1. The number of ketones is 1. The molecule has 0 atom stereocenters. The standard InChI is InChI=1S/C12H13ClO2/c13-10-4-1-3-9(7-10)12(14)8-15-11-5-2-6-11/h1,3-4,7,11H,2,5-6,8H2. The van der Waals surface area contributed by atoms with Gasteiger partial charge >= 0.3 is 0 Å². The van der Waals surface area contributed by atoms with Crippen molar-refractivity contribution >= 4 is 17.4 Å². The van der Waals surface area contributed by atoms with Gasteiger partial charge < -0.3 is 4.74 Å². The maximum absolute atomic E-state index is 11.7. The van der Waals surface area contributed by atoms with Crippen LogP contribution in [0.5, 0.6) is 0 Å². The van der Waals surface area contributed by atoms with Gasteiger partial charge in [0, 0.05) is 10.6 Å². The summed E-state index contributed by atoms with van der Waals surface area (Å²) < 4.78 is 5.44. The number of hydrogen-bond acceptors (Lipinski definition) is 2. The van der Waals surface area contributed by atoms with E-state index in [0.29, 0.717) is 16.7 Å². The lowest BCUT2D eigenvalue weighted by molar-refractivity contribution is 0.00731. The zero-order valence-corrected chi connectivity index (χ0v) is 9.17. The fraction of sp³-hybridized carbons (Fsp3) is 0.417. The van der Waals surface area contributed by atoms with E-state index in [1.807, 2.05) is 0 Å². The highest BCUT2D eigenvalue weighted by atomic mass is 35.5. The van der Waals surface area contributed by atoms with E-state index in [-0.39, 0.29) is 12.4 Å². The van der Waals surface area contributed by atoms with Crippen LogP contribution in [0.1, 0.15) is 29.6 Å². The quantitative estimate of drug-likeness (QED) is 0.735. The molecule has 2 nitrogen and oxygen atoms in total. The minimum Gasteiger partial charge on any atom is -0.370 e. The van der Waals surface area contributed by atoms with Crippen molar-refractivity contribution < 1.29 is 9.53 Å². The van der Waals surface area contributed by atoms with E-state index >= 15 is 0 Å². The Morgan fingerprint density at radius 1 is 1.47 bits per heavy atom. The van der Waals surface area contributed by atoms with Crippen LogP contribution in [-0.2, 0) is 4.74 Å². The summed E-state index contributed by atoms with van der Waals surface area (Å²) >= 11 is 5.80. The number of benzene rings is 1. The molecule has 0 radical (unpaired) electrons. The molecule has 0 unspecified atom stereocenters. The van der Waals surface area contributed by atoms with Gasteiger partial charge in [0.15, 0.2) is 5.78 Å². The number of halogens is 1. The Morgan fingerprint density at radius 3 is 2.87 bits per heavy atom. The third kappa shape index (κ3) is 2.80. The molecule has 15 heavy (non-hydrogen) atoms. The van der Waals surface area contributed by atoms with Gasteiger partial charge in [0.2, 0.25) is 0 Å². The zero-order valence-electron chi connectivity index (χ0n) is 8.41. The van der Waals surface area contributed by atoms with Gasteiger partial charge in [-0.25, -0.2) is 0 Å². The summed E-state index contributed by atoms with van der Waals surface area (Å²) in [7, 11) is 0. The van der Waals surface area contributed by atoms with E-state index in [4.69, 9.17) is 16.3 Å². The van der Waals surface area contributed by atoms with Crippen LogP contribution in [-0.4, -0.2) is 18.5 Å². The minimum atomic E-state index is 0.00407. The molecule has 0 N–H and O–H groups in total. The molecule has 1 aliphatic carbocycles. The molecule has 1 aliphatic rings.